The molecule has 1 aliphatic carbocycles. The second kappa shape index (κ2) is 10.0. The molecule has 2 aliphatic heterocycles. The number of hydrogen-bond acceptors (Lipinski definition) is 6. The van der Waals surface area contributed by atoms with Crippen LogP contribution in [0.3, 0.4) is 0 Å². The van der Waals surface area contributed by atoms with Crippen molar-refractivity contribution >= 4 is 23.6 Å². The molecule has 0 aromatic heterocycles. The zero-order chi connectivity index (χ0) is 22.5. The molecule has 2 fully saturated rings. The van der Waals surface area contributed by atoms with E-state index in [1.54, 1.807) is 10.4 Å². The van der Waals surface area contributed by atoms with Gasteiger partial charge in [0, 0.05) is 45.0 Å². The third kappa shape index (κ3) is 4.88. The Morgan fingerprint density at radius 2 is 1.59 bits per heavy atom. The summed E-state index contributed by atoms with van der Waals surface area (Å²) in [7, 11) is 0. The molecule has 2 heterocycles. The van der Waals surface area contributed by atoms with Crippen LogP contribution in [-0.2, 0) is 14.3 Å². The van der Waals surface area contributed by atoms with E-state index in [-0.39, 0.29) is 12.3 Å². The summed E-state index contributed by atoms with van der Waals surface area (Å²) in [6.07, 6.45) is 4.11. The maximum absolute atomic E-state index is 13.3. The van der Waals surface area contributed by atoms with Crippen molar-refractivity contribution in [1.82, 2.24) is 15.3 Å². The fourth-order valence-corrected chi connectivity index (χ4v) is 4.81. The summed E-state index contributed by atoms with van der Waals surface area (Å²) in [6.45, 7) is 3.65. The minimum absolute atomic E-state index is 0.0696. The van der Waals surface area contributed by atoms with Crippen molar-refractivity contribution in [1.29, 1.82) is 0 Å². The van der Waals surface area contributed by atoms with E-state index in [9.17, 15) is 19.6 Å². The molecule has 1 saturated carbocycles. The van der Waals surface area contributed by atoms with Gasteiger partial charge in [-0.15, -0.1) is 0 Å². The number of hydrogen-bond donors (Lipinski definition) is 2. The van der Waals surface area contributed by atoms with Crippen molar-refractivity contribution in [3.05, 3.63) is 42.5 Å². The maximum atomic E-state index is 13.3. The number of ether oxygens (including phenoxy) is 1. The summed E-state index contributed by atoms with van der Waals surface area (Å²) in [5, 5.41) is 9.24. The third-order valence-corrected chi connectivity index (χ3v) is 6.62. The van der Waals surface area contributed by atoms with Gasteiger partial charge < -0.3 is 19.4 Å². The molecule has 1 aromatic rings. The van der Waals surface area contributed by atoms with E-state index >= 15 is 0 Å². The van der Waals surface area contributed by atoms with Gasteiger partial charge in [-0.2, -0.15) is 0 Å². The number of nitrogens with zero attached hydrogens (tertiary/aromatic N) is 3. The first-order valence-corrected chi connectivity index (χ1v) is 11.2. The topological polar surface area (TPSA) is 102 Å². The Bertz CT molecular complexity index is 845. The fourth-order valence-electron chi connectivity index (χ4n) is 4.81. The van der Waals surface area contributed by atoms with Gasteiger partial charge in [0.25, 0.3) is 0 Å². The van der Waals surface area contributed by atoms with Gasteiger partial charge in [-0.3, -0.25) is 14.8 Å². The summed E-state index contributed by atoms with van der Waals surface area (Å²) in [4.78, 5) is 43.6. The molecule has 172 valence electrons. The Morgan fingerprint density at radius 1 is 0.906 bits per heavy atom. The number of hydroxylamine groups is 1. The van der Waals surface area contributed by atoms with Crippen LogP contribution in [0.5, 0.6) is 0 Å². The van der Waals surface area contributed by atoms with Crippen molar-refractivity contribution in [2.45, 2.75) is 25.4 Å². The van der Waals surface area contributed by atoms with Crippen LogP contribution >= 0.6 is 0 Å². The van der Waals surface area contributed by atoms with E-state index in [1.165, 1.54) is 0 Å². The minimum atomic E-state index is -0.733. The van der Waals surface area contributed by atoms with Gasteiger partial charge in [-0.05, 0) is 31.4 Å². The van der Waals surface area contributed by atoms with Gasteiger partial charge in [0.2, 0.25) is 11.8 Å². The smallest absolute Gasteiger partial charge is 0.410 e. The molecule has 3 amide bonds. The van der Waals surface area contributed by atoms with Crippen molar-refractivity contribution < 1.29 is 24.3 Å². The molecule has 2 N–H and O–H groups in total. The number of nitrogens with one attached hydrogen (secondary N) is 1. The molecular weight excluding hydrogens is 412 g/mol. The van der Waals surface area contributed by atoms with Crippen LogP contribution in [0.1, 0.15) is 19.3 Å². The maximum Gasteiger partial charge on any atom is 0.410 e. The van der Waals surface area contributed by atoms with Gasteiger partial charge in [-0.25, -0.2) is 10.3 Å². The Kier molecular flexibility index (Phi) is 6.94. The Hall–Kier alpha value is -3.07. The summed E-state index contributed by atoms with van der Waals surface area (Å²) in [5.74, 6) is -1.94. The van der Waals surface area contributed by atoms with Crippen LogP contribution in [0.25, 0.3) is 0 Å². The number of carbonyl (C=O) groups is 3. The lowest BCUT2D eigenvalue weighted by Gasteiger charge is -2.40. The van der Waals surface area contributed by atoms with Gasteiger partial charge in [-0.1, -0.05) is 30.4 Å². The molecule has 1 saturated heterocycles. The molecule has 4 rings (SSSR count). The van der Waals surface area contributed by atoms with Crippen LogP contribution in [-0.4, -0.2) is 78.3 Å². The lowest BCUT2D eigenvalue weighted by Crippen LogP contribution is -2.53. The predicted molar refractivity (Wildman–Crippen MR) is 117 cm³/mol. The monoisotopic (exact) mass is 442 g/mol. The average molecular weight is 443 g/mol. The number of anilines is 1. The van der Waals surface area contributed by atoms with E-state index in [4.69, 9.17) is 4.74 Å². The van der Waals surface area contributed by atoms with Crippen molar-refractivity contribution in [3.63, 3.8) is 0 Å². The lowest BCUT2D eigenvalue weighted by molar-refractivity contribution is -0.149. The van der Waals surface area contributed by atoms with Gasteiger partial charge in [0.1, 0.15) is 6.10 Å². The fraction of sp³-hybridized carbons (Fsp3) is 0.522. The number of para-hydroxylation sites is 1. The molecule has 0 spiro atoms. The third-order valence-electron chi connectivity index (χ3n) is 6.62. The van der Waals surface area contributed by atoms with Crippen LogP contribution in [0.2, 0.25) is 0 Å². The minimum Gasteiger partial charge on any atom is -0.446 e. The predicted octanol–water partition coefficient (Wildman–Crippen LogP) is 1.63. The summed E-state index contributed by atoms with van der Waals surface area (Å²) in [6, 6.07) is 10.1. The summed E-state index contributed by atoms with van der Waals surface area (Å²) < 4.78 is 5.59. The Labute approximate surface area is 187 Å². The SMILES string of the molecule is O=C(NO)C1CC(OC(=O)N2CC=CC2)CCC1C(=O)N1CCN(c2ccccc2)CC1. The van der Waals surface area contributed by atoms with Crippen LogP contribution in [0.15, 0.2) is 42.5 Å². The number of benzene rings is 1. The van der Waals surface area contributed by atoms with Crippen LogP contribution < -0.4 is 10.4 Å². The normalized spacial score (nSPS) is 25.5. The number of rotatable bonds is 4. The summed E-state index contributed by atoms with van der Waals surface area (Å²) >= 11 is 0. The first-order valence-electron chi connectivity index (χ1n) is 11.2. The molecule has 3 aliphatic rings. The van der Waals surface area contributed by atoms with Gasteiger partial charge in [0.15, 0.2) is 0 Å². The molecule has 9 nitrogen and oxygen atoms in total. The van der Waals surface area contributed by atoms with E-state index in [2.05, 4.69) is 17.0 Å². The van der Waals surface area contributed by atoms with E-state index in [1.807, 2.05) is 35.3 Å². The first kappa shape index (κ1) is 22.1. The summed E-state index contributed by atoms with van der Waals surface area (Å²) in [5.41, 5.74) is 2.83. The quantitative estimate of drug-likeness (QED) is 0.418. The molecular formula is C23H30N4O5. The number of carbonyl (C=O) groups excluding carboxylic acids is 3. The Morgan fingerprint density at radius 3 is 2.25 bits per heavy atom. The van der Waals surface area contributed by atoms with Gasteiger partial charge >= 0.3 is 6.09 Å². The molecule has 0 radical (unpaired) electrons. The van der Waals surface area contributed by atoms with E-state index in [0.29, 0.717) is 39.0 Å². The molecule has 3 atom stereocenters. The first-order chi connectivity index (χ1) is 15.6. The highest BCUT2D eigenvalue weighted by Crippen LogP contribution is 2.34. The second-order valence-corrected chi connectivity index (χ2v) is 8.53. The highest BCUT2D eigenvalue weighted by molar-refractivity contribution is 5.87. The van der Waals surface area contributed by atoms with E-state index in [0.717, 1.165) is 18.8 Å². The zero-order valence-electron chi connectivity index (χ0n) is 18.1. The van der Waals surface area contributed by atoms with Crippen LogP contribution in [0.4, 0.5) is 10.5 Å². The average Bonchev–Trinajstić information content (AvgIpc) is 3.39. The zero-order valence-corrected chi connectivity index (χ0v) is 18.1. The highest BCUT2D eigenvalue weighted by atomic mass is 16.6. The number of piperazine rings is 1. The molecule has 0 bridgehead atoms. The standard InChI is InChI=1S/C23H30N4O5/c28-21(24-31)20-16-18(32-23(30)27-10-4-5-11-27)8-9-19(20)22(29)26-14-12-25(13-15-26)17-6-2-1-3-7-17/h1-7,18-20,31H,8-16H2,(H,24,28). The molecule has 3 unspecified atom stereocenters. The highest BCUT2D eigenvalue weighted by Gasteiger charge is 2.42. The van der Waals surface area contributed by atoms with Crippen molar-refractivity contribution in [3.8, 4) is 0 Å². The molecule has 9 heteroatoms. The van der Waals surface area contributed by atoms with E-state index < -0.39 is 29.9 Å². The molecule has 32 heavy (non-hydrogen) atoms. The Balaban J connectivity index is 1.35. The largest absolute Gasteiger partial charge is 0.446 e. The number of amides is 3. The van der Waals surface area contributed by atoms with Crippen molar-refractivity contribution in [2.24, 2.45) is 11.8 Å². The van der Waals surface area contributed by atoms with Crippen LogP contribution in [0, 0.1) is 11.8 Å². The van der Waals surface area contributed by atoms with Crippen molar-refractivity contribution in [2.75, 3.05) is 44.2 Å². The second-order valence-electron chi connectivity index (χ2n) is 8.53. The molecule has 1 aromatic carbocycles. The lowest BCUT2D eigenvalue weighted by atomic mass is 9.76. The van der Waals surface area contributed by atoms with Gasteiger partial charge in [0.05, 0.1) is 11.8 Å².